The molecule has 1 aromatic carbocycles. The van der Waals surface area contributed by atoms with Gasteiger partial charge in [-0.25, -0.2) is 4.79 Å². The van der Waals surface area contributed by atoms with Gasteiger partial charge in [0.25, 0.3) is 0 Å². The first-order valence-corrected chi connectivity index (χ1v) is 5.52. The molecule has 0 saturated heterocycles. The molecule has 0 aliphatic carbocycles. The van der Waals surface area contributed by atoms with E-state index in [2.05, 4.69) is 4.79 Å². The van der Waals surface area contributed by atoms with Crippen molar-refractivity contribution in [1.29, 1.82) is 0 Å². The zero-order chi connectivity index (χ0) is 12.8. The SMILES string of the molecule is [N-]=[N+]=CC(=O)OCCCc1ccc2c(c1)OCO2. The van der Waals surface area contributed by atoms with Crippen LogP contribution >= 0.6 is 0 Å². The predicted molar refractivity (Wildman–Crippen MR) is 61.5 cm³/mol. The lowest BCUT2D eigenvalue weighted by molar-refractivity contribution is -0.139. The first kappa shape index (κ1) is 12.1. The van der Waals surface area contributed by atoms with Gasteiger partial charge in [-0.2, -0.15) is 4.79 Å². The lowest BCUT2D eigenvalue weighted by Crippen LogP contribution is -2.07. The molecule has 2 rings (SSSR count). The Bertz CT molecular complexity index is 495. The van der Waals surface area contributed by atoms with E-state index in [1.54, 1.807) is 0 Å². The van der Waals surface area contributed by atoms with E-state index in [0.717, 1.165) is 29.7 Å². The van der Waals surface area contributed by atoms with E-state index in [4.69, 9.17) is 19.7 Å². The monoisotopic (exact) mass is 248 g/mol. The molecule has 1 aromatic rings. The van der Waals surface area contributed by atoms with Gasteiger partial charge < -0.3 is 19.7 Å². The van der Waals surface area contributed by atoms with Crippen molar-refractivity contribution in [3.8, 4) is 11.5 Å². The minimum absolute atomic E-state index is 0.261. The number of rotatable bonds is 5. The van der Waals surface area contributed by atoms with Crippen molar-refractivity contribution in [2.75, 3.05) is 13.4 Å². The number of ether oxygens (including phenoxy) is 3. The van der Waals surface area contributed by atoms with Gasteiger partial charge in [-0.15, -0.1) is 0 Å². The number of nitrogens with zero attached hydrogens (tertiary/aromatic N) is 2. The average molecular weight is 248 g/mol. The van der Waals surface area contributed by atoms with Crippen LogP contribution in [0.4, 0.5) is 0 Å². The van der Waals surface area contributed by atoms with Crippen molar-refractivity contribution in [2.24, 2.45) is 0 Å². The quantitative estimate of drug-likeness (QED) is 0.258. The fraction of sp³-hybridized carbons (Fsp3) is 0.333. The topological polar surface area (TPSA) is 81.2 Å². The molecule has 1 aliphatic heterocycles. The molecule has 0 radical (unpaired) electrons. The number of aryl methyl sites for hydroxylation is 1. The predicted octanol–water partition coefficient (Wildman–Crippen LogP) is 1.19. The lowest BCUT2D eigenvalue weighted by Gasteiger charge is -2.03. The average Bonchev–Trinajstić information content (AvgIpc) is 2.82. The van der Waals surface area contributed by atoms with E-state index < -0.39 is 5.97 Å². The third kappa shape index (κ3) is 3.09. The van der Waals surface area contributed by atoms with Crippen LogP contribution in [0.3, 0.4) is 0 Å². The molecule has 6 heteroatoms. The maximum atomic E-state index is 10.8. The molecule has 0 amide bonds. The highest BCUT2D eigenvalue weighted by atomic mass is 16.7. The van der Waals surface area contributed by atoms with E-state index in [0.29, 0.717) is 6.42 Å². The number of fused-ring (bicyclic) bond motifs is 1. The van der Waals surface area contributed by atoms with Crippen molar-refractivity contribution < 1.29 is 23.8 Å². The largest absolute Gasteiger partial charge is 0.457 e. The molecule has 18 heavy (non-hydrogen) atoms. The summed E-state index contributed by atoms with van der Waals surface area (Å²) in [7, 11) is 0. The summed E-state index contributed by atoms with van der Waals surface area (Å²) in [6, 6.07) is 5.73. The normalized spacial score (nSPS) is 11.8. The maximum absolute atomic E-state index is 10.8. The van der Waals surface area contributed by atoms with Crippen molar-refractivity contribution in [2.45, 2.75) is 12.8 Å². The van der Waals surface area contributed by atoms with Crippen molar-refractivity contribution >= 4 is 12.2 Å². The van der Waals surface area contributed by atoms with E-state index in [-0.39, 0.29) is 13.4 Å². The lowest BCUT2D eigenvalue weighted by atomic mass is 10.1. The van der Waals surface area contributed by atoms with Crippen LogP contribution in [0, 0.1) is 0 Å². The highest BCUT2D eigenvalue weighted by Gasteiger charge is 2.12. The number of esters is 1. The summed E-state index contributed by atoms with van der Waals surface area (Å²) in [5.74, 6) is 0.851. The third-order valence-electron chi connectivity index (χ3n) is 2.45. The van der Waals surface area contributed by atoms with Gasteiger partial charge in [-0.1, -0.05) is 6.07 Å². The highest BCUT2D eigenvalue weighted by molar-refractivity contribution is 6.20. The Balaban J connectivity index is 1.77. The van der Waals surface area contributed by atoms with Crippen molar-refractivity contribution in [1.82, 2.24) is 0 Å². The van der Waals surface area contributed by atoms with Gasteiger partial charge in [0.1, 0.15) is 0 Å². The molecule has 0 fully saturated rings. The second-order valence-electron chi connectivity index (χ2n) is 3.70. The Kier molecular flexibility index (Phi) is 3.94. The fourth-order valence-corrected chi connectivity index (χ4v) is 1.63. The summed E-state index contributed by atoms with van der Waals surface area (Å²) in [6.45, 7) is 0.538. The van der Waals surface area contributed by atoms with Crippen LogP contribution in [0.25, 0.3) is 5.53 Å². The Morgan fingerprint density at radius 2 is 2.28 bits per heavy atom. The summed E-state index contributed by atoms with van der Waals surface area (Å²) >= 11 is 0. The fourth-order valence-electron chi connectivity index (χ4n) is 1.63. The van der Waals surface area contributed by atoms with Crippen LogP contribution in [-0.2, 0) is 16.0 Å². The number of hydrogen-bond acceptors (Lipinski definition) is 4. The van der Waals surface area contributed by atoms with Crippen LogP contribution in [0.15, 0.2) is 18.2 Å². The Hall–Kier alpha value is -2.33. The standard InChI is InChI=1S/C12H12N2O4/c13-14-7-12(15)16-5-1-2-9-3-4-10-11(6-9)18-8-17-10/h3-4,6-7H,1-2,5,8H2. The number of benzene rings is 1. The zero-order valence-corrected chi connectivity index (χ0v) is 9.67. The van der Waals surface area contributed by atoms with Crippen LogP contribution < -0.4 is 9.47 Å². The van der Waals surface area contributed by atoms with Crippen LogP contribution in [0.1, 0.15) is 12.0 Å². The Morgan fingerprint density at radius 1 is 1.44 bits per heavy atom. The van der Waals surface area contributed by atoms with Crippen LogP contribution in [0.2, 0.25) is 0 Å². The second kappa shape index (κ2) is 5.84. The smallest absolute Gasteiger partial charge is 0.413 e. The molecular weight excluding hydrogens is 236 g/mol. The highest BCUT2D eigenvalue weighted by Crippen LogP contribution is 2.32. The Morgan fingerprint density at radius 3 is 3.11 bits per heavy atom. The molecule has 94 valence electrons. The summed E-state index contributed by atoms with van der Waals surface area (Å²) in [6.07, 6.45) is 2.17. The number of carbonyl (C=O) groups is 1. The molecule has 0 unspecified atom stereocenters. The molecule has 0 saturated carbocycles. The van der Waals surface area contributed by atoms with E-state index in [1.807, 2.05) is 18.2 Å². The molecule has 1 heterocycles. The minimum Gasteiger partial charge on any atom is -0.457 e. The van der Waals surface area contributed by atoms with Crippen molar-refractivity contribution in [3.63, 3.8) is 0 Å². The summed E-state index contributed by atoms with van der Waals surface area (Å²) in [5, 5.41) is 0. The van der Waals surface area contributed by atoms with Gasteiger partial charge in [-0.3, -0.25) is 0 Å². The first-order chi connectivity index (χ1) is 8.79. The zero-order valence-electron chi connectivity index (χ0n) is 9.67. The van der Waals surface area contributed by atoms with E-state index in [1.165, 1.54) is 0 Å². The molecule has 6 nitrogen and oxygen atoms in total. The minimum atomic E-state index is -0.650. The summed E-state index contributed by atoms with van der Waals surface area (Å²) in [4.78, 5) is 13.4. The number of hydrogen-bond donors (Lipinski definition) is 0. The van der Waals surface area contributed by atoms with Gasteiger partial charge >= 0.3 is 12.2 Å². The first-order valence-electron chi connectivity index (χ1n) is 5.52. The van der Waals surface area contributed by atoms with Crippen LogP contribution in [0.5, 0.6) is 11.5 Å². The summed E-state index contributed by atoms with van der Waals surface area (Å²) < 4.78 is 15.3. The van der Waals surface area contributed by atoms with Gasteiger partial charge in [-0.05, 0) is 30.5 Å². The van der Waals surface area contributed by atoms with Gasteiger partial charge in [0.05, 0.1) is 6.61 Å². The molecular formula is C12H12N2O4. The van der Waals surface area contributed by atoms with E-state index in [9.17, 15) is 4.79 Å². The molecule has 1 aliphatic rings. The molecule has 0 N–H and O–H groups in total. The van der Waals surface area contributed by atoms with E-state index >= 15 is 0 Å². The number of carbonyl (C=O) groups excluding carboxylic acids is 1. The molecule has 0 atom stereocenters. The van der Waals surface area contributed by atoms with Gasteiger partial charge in [0, 0.05) is 0 Å². The molecule has 0 spiro atoms. The summed E-state index contributed by atoms with van der Waals surface area (Å²) in [5.41, 5.74) is 9.19. The van der Waals surface area contributed by atoms with Crippen LogP contribution in [-0.4, -0.2) is 30.4 Å². The molecule has 0 bridgehead atoms. The molecule has 0 aromatic heterocycles. The second-order valence-corrected chi connectivity index (χ2v) is 3.70. The van der Waals surface area contributed by atoms with Gasteiger partial charge in [0.15, 0.2) is 11.5 Å². The maximum Gasteiger partial charge on any atom is 0.413 e. The third-order valence-corrected chi connectivity index (χ3v) is 2.45. The van der Waals surface area contributed by atoms with Gasteiger partial charge in [0.2, 0.25) is 6.79 Å². The Labute approximate surface area is 104 Å². The van der Waals surface area contributed by atoms with Crippen molar-refractivity contribution in [3.05, 3.63) is 29.3 Å².